The highest BCUT2D eigenvalue weighted by atomic mass is 32.1. The van der Waals surface area contributed by atoms with Gasteiger partial charge in [0.2, 0.25) is 5.91 Å². The van der Waals surface area contributed by atoms with Crippen LogP contribution in [0.2, 0.25) is 0 Å². The van der Waals surface area contributed by atoms with Crippen molar-refractivity contribution in [3.05, 3.63) is 46.2 Å². The number of thiazole rings is 1. The van der Waals surface area contributed by atoms with E-state index in [9.17, 15) is 4.79 Å². The summed E-state index contributed by atoms with van der Waals surface area (Å²) < 4.78 is 2.01. The van der Waals surface area contributed by atoms with Crippen molar-refractivity contribution in [2.24, 2.45) is 0 Å². The van der Waals surface area contributed by atoms with E-state index in [4.69, 9.17) is 0 Å². The molecule has 0 bridgehead atoms. The Morgan fingerprint density at radius 1 is 1.23 bits per heavy atom. The van der Waals surface area contributed by atoms with Crippen LogP contribution >= 0.6 is 11.3 Å². The fourth-order valence-corrected chi connectivity index (χ4v) is 3.88. The number of nitrogens with one attached hydrogen (secondary N) is 1. The third kappa shape index (κ3) is 4.12. The van der Waals surface area contributed by atoms with E-state index in [0.717, 1.165) is 40.4 Å². The molecule has 1 aromatic carbocycles. The smallest absolute Gasteiger partial charge is 0.240 e. The van der Waals surface area contributed by atoms with Gasteiger partial charge in [0.15, 0.2) is 0 Å². The van der Waals surface area contributed by atoms with Gasteiger partial charge in [-0.15, -0.1) is 11.3 Å². The molecule has 6 heteroatoms. The molecule has 0 aliphatic carbocycles. The van der Waals surface area contributed by atoms with Gasteiger partial charge in [0.25, 0.3) is 0 Å². The number of amides is 1. The van der Waals surface area contributed by atoms with E-state index in [1.807, 2.05) is 28.8 Å². The molecular formula is C20H26N4OS. The fourth-order valence-electron chi connectivity index (χ4n) is 2.85. The highest BCUT2D eigenvalue weighted by molar-refractivity contribution is 7.09. The van der Waals surface area contributed by atoms with E-state index in [-0.39, 0.29) is 11.3 Å². The van der Waals surface area contributed by atoms with Crippen LogP contribution in [0.3, 0.4) is 0 Å². The van der Waals surface area contributed by atoms with E-state index in [1.165, 1.54) is 0 Å². The normalized spacial score (nSPS) is 11.8. The van der Waals surface area contributed by atoms with Gasteiger partial charge in [-0.25, -0.2) is 9.97 Å². The fraction of sp³-hybridized carbons (Fsp3) is 0.450. The van der Waals surface area contributed by atoms with Crippen molar-refractivity contribution < 1.29 is 4.79 Å². The Bertz CT molecular complexity index is 904. The minimum absolute atomic E-state index is 0.00968. The Hall–Kier alpha value is -2.21. The van der Waals surface area contributed by atoms with Crippen LogP contribution in [0.1, 0.15) is 44.2 Å². The molecule has 0 unspecified atom stereocenters. The Labute approximate surface area is 158 Å². The number of imidazole rings is 1. The largest absolute Gasteiger partial charge is 0.354 e. The van der Waals surface area contributed by atoms with E-state index < -0.39 is 0 Å². The Kier molecular flexibility index (Phi) is 5.41. The number of carbonyl (C=O) groups is 1. The van der Waals surface area contributed by atoms with Crippen molar-refractivity contribution in [1.82, 2.24) is 19.9 Å². The first-order valence-electron chi connectivity index (χ1n) is 9.04. The maximum atomic E-state index is 12.4. The lowest BCUT2D eigenvalue weighted by Crippen LogP contribution is -2.30. The summed E-state index contributed by atoms with van der Waals surface area (Å²) in [5, 5.41) is 6.19. The molecule has 1 amide bonds. The van der Waals surface area contributed by atoms with Gasteiger partial charge in [-0.2, -0.15) is 0 Å². The van der Waals surface area contributed by atoms with Crippen LogP contribution in [0.4, 0.5) is 0 Å². The first-order chi connectivity index (χ1) is 12.4. The molecule has 0 spiro atoms. The predicted octanol–water partition coefficient (Wildman–Crippen LogP) is 3.71. The van der Waals surface area contributed by atoms with Crippen molar-refractivity contribution in [3.63, 3.8) is 0 Å². The standard InChI is InChI=1S/C20H26N4OS/c1-5-17-22-14-8-6-7-9-15(14)24(17)12-18(25)21-11-10-19-23-16(13-26-19)20(2,3)4/h6-9,13H,5,10-12H2,1-4H3,(H,21,25). The Morgan fingerprint density at radius 3 is 2.69 bits per heavy atom. The second kappa shape index (κ2) is 7.58. The summed E-state index contributed by atoms with van der Waals surface area (Å²) >= 11 is 1.66. The highest BCUT2D eigenvalue weighted by Gasteiger charge is 2.17. The molecule has 1 N–H and O–H groups in total. The SMILES string of the molecule is CCc1nc2ccccc2n1CC(=O)NCCc1nc(C(C)(C)C)cs1. The Morgan fingerprint density at radius 2 is 2.00 bits per heavy atom. The second-order valence-corrected chi connectivity index (χ2v) is 8.38. The van der Waals surface area contributed by atoms with Gasteiger partial charge < -0.3 is 9.88 Å². The third-order valence-corrected chi connectivity index (χ3v) is 5.24. The molecule has 5 nitrogen and oxygen atoms in total. The molecule has 0 fully saturated rings. The molecule has 26 heavy (non-hydrogen) atoms. The number of hydrogen-bond donors (Lipinski definition) is 1. The molecule has 0 aliphatic rings. The molecule has 0 saturated heterocycles. The number of hydrogen-bond acceptors (Lipinski definition) is 4. The Balaban J connectivity index is 1.59. The lowest BCUT2D eigenvalue weighted by atomic mass is 9.93. The zero-order valence-electron chi connectivity index (χ0n) is 15.9. The van der Waals surface area contributed by atoms with E-state index >= 15 is 0 Å². The number of fused-ring (bicyclic) bond motifs is 1. The molecule has 3 rings (SSSR count). The molecule has 2 heterocycles. The number of aryl methyl sites for hydroxylation is 1. The zero-order chi connectivity index (χ0) is 18.7. The number of rotatable bonds is 6. The molecule has 0 atom stereocenters. The van der Waals surface area contributed by atoms with Crippen molar-refractivity contribution in [1.29, 1.82) is 0 Å². The lowest BCUT2D eigenvalue weighted by molar-refractivity contribution is -0.121. The summed E-state index contributed by atoms with van der Waals surface area (Å²) in [5.74, 6) is 0.951. The average molecular weight is 371 g/mol. The van der Waals surface area contributed by atoms with Crippen LogP contribution in [0.5, 0.6) is 0 Å². The molecule has 138 valence electrons. The summed E-state index contributed by atoms with van der Waals surface area (Å²) in [6.07, 6.45) is 1.56. The van der Waals surface area contributed by atoms with Crippen LogP contribution in [-0.2, 0) is 29.6 Å². The van der Waals surface area contributed by atoms with Crippen molar-refractivity contribution >= 4 is 28.3 Å². The van der Waals surface area contributed by atoms with Gasteiger partial charge in [-0.05, 0) is 12.1 Å². The third-order valence-electron chi connectivity index (χ3n) is 4.33. The maximum Gasteiger partial charge on any atom is 0.240 e. The zero-order valence-corrected chi connectivity index (χ0v) is 16.7. The van der Waals surface area contributed by atoms with Gasteiger partial charge in [0.1, 0.15) is 12.4 Å². The van der Waals surface area contributed by atoms with Crippen LogP contribution in [0.25, 0.3) is 11.0 Å². The number of benzene rings is 1. The van der Waals surface area contributed by atoms with Gasteiger partial charge in [-0.1, -0.05) is 39.8 Å². The minimum atomic E-state index is 0.00968. The topological polar surface area (TPSA) is 59.8 Å². The molecule has 0 saturated carbocycles. The van der Waals surface area contributed by atoms with Gasteiger partial charge >= 0.3 is 0 Å². The molecule has 3 aromatic rings. The first-order valence-corrected chi connectivity index (χ1v) is 9.92. The van der Waals surface area contributed by atoms with Gasteiger partial charge in [0.05, 0.1) is 21.7 Å². The predicted molar refractivity (Wildman–Crippen MR) is 107 cm³/mol. The molecule has 2 aromatic heterocycles. The van der Waals surface area contributed by atoms with E-state index in [1.54, 1.807) is 11.3 Å². The van der Waals surface area contributed by atoms with Gasteiger partial charge in [-0.3, -0.25) is 4.79 Å². The number of nitrogens with zero attached hydrogens (tertiary/aromatic N) is 3. The van der Waals surface area contributed by atoms with Crippen molar-refractivity contribution in [3.8, 4) is 0 Å². The lowest BCUT2D eigenvalue weighted by Gasteiger charge is -2.14. The summed E-state index contributed by atoms with van der Waals surface area (Å²) in [4.78, 5) is 21.7. The molecular weight excluding hydrogens is 344 g/mol. The summed E-state index contributed by atoms with van der Waals surface area (Å²) in [5.41, 5.74) is 3.13. The number of aromatic nitrogens is 3. The quantitative estimate of drug-likeness (QED) is 0.719. The van der Waals surface area contributed by atoms with Crippen LogP contribution < -0.4 is 5.32 Å². The van der Waals surface area contributed by atoms with Gasteiger partial charge in [0, 0.05) is 30.2 Å². The van der Waals surface area contributed by atoms with Crippen molar-refractivity contribution in [2.75, 3.05) is 6.54 Å². The number of carbonyl (C=O) groups excluding carboxylic acids is 1. The first kappa shape index (κ1) is 18.6. The van der Waals surface area contributed by atoms with Crippen molar-refractivity contribution in [2.45, 2.75) is 52.5 Å². The molecule has 0 aliphatic heterocycles. The molecule has 0 radical (unpaired) electrons. The van der Waals surface area contributed by atoms with E-state index in [0.29, 0.717) is 13.1 Å². The van der Waals surface area contributed by atoms with Crippen LogP contribution in [-0.4, -0.2) is 27.0 Å². The summed E-state index contributed by atoms with van der Waals surface area (Å²) in [6, 6.07) is 7.95. The number of para-hydroxylation sites is 2. The highest BCUT2D eigenvalue weighted by Crippen LogP contribution is 2.24. The van der Waals surface area contributed by atoms with Crippen LogP contribution in [0.15, 0.2) is 29.6 Å². The minimum Gasteiger partial charge on any atom is -0.354 e. The van der Waals surface area contributed by atoms with Crippen LogP contribution in [0, 0.1) is 0 Å². The second-order valence-electron chi connectivity index (χ2n) is 7.43. The average Bonchev–Trinajstić information content (AvgIpc) is 3.20. The monoisotopic (exact) mass is 370 g/mol. The summed E-state index contributed by atoms with van der Waals surface area (Å²) in [7, 11) is 0. The summed E-state index contributed by atoms with van der Waals surface area (Å²) in [6.45, 7) is 9.45. The van der Waals surface area contributed by atoms with E-state index in [2.05, 4.69) is 48.4 Å². The maximum absolute atomic E-state index is 12.4.